The van der Waals surface area contributed by atoms with Crippen LogP contribution in [0.3, 0.4) is 0 Å². The molecular formula is C81H51N7. The summed E-state index contributed by atoms with van der Waals surface area (Å²) in [4.78, 5) is 9.65. The van der Waals surface area contributed by atoms with Crippen LogP contribution in [0.4, 0.5) is 28.4 Å². The smallest absolute Gasteiger partial charge is 0.187 e. The van der Waals surface area contributed by atoms with Crippen molar-refractivity contribution in [3.63, 3.8) is 0 Å². The second-order valence-electron chi connectivity index (χ2n) is 23.3. The number of benzene rings is 13. The number of para-hydroxylation sites is 11. The van der Waals surface area contributed by atoms with Crippen LogP contribution < -0.4 is 9.80 Å². The summed E-state index contributed by atoms with van der Waals surface area (Å²) in [6.07, 6.45) is -0.329. The van der Waals surface area contributed by atoms with Crippen molar-refractivity contribution in [3.05, 3.63) is 320 Å². The summed E-state index contributed by atoms with van der Waals surface area (Å²) in [5, 5.41) is 9.18. The first-order chi connectivity index (χ1) is 43.7. The summed E-state index contributed by atoms with van der Waals surface area (Å²) in [6.45, 7) is 8.82. The zero-order valence-electron chi connectivity index (χ0n) is 47.6. The molecule has 4 aromatic heterocycles. The highest BCUT2D eigenvalue weighted by Crippen LogP contribution is 2.63. The lowest BCUT2D eigenvalue weighted by molar-refractivity contribution is 0.667. The molecule has 2 atom stereocenters. The third kappa shape index (κ3) is 6.55. The molecule has 88 heavy (non-hydrogen) atoms. The van der Waals surface area contributed by atoms with E-state index in [2.05, 4.69) is 324 Å². The number of rotatable bonds is 7. The van der Waals surface area contributed by atoms with Crippen LogP contribution in [0.5, 0.6) is 0 Å². The number of anilines is 4. The highest BCUT2D eigenvalue weighted by molar-refractivity contribution is 6.19. The van der Waals surface area contributed by atoms with Crippen molar-refractivity contribution in [1.29, 1.82) is 0 Å². The first kappa shape index (κ1) is 48.5. The van der Waals surface area contributed by atoms with Gasteiger partial charge in [-0.3, -0.25) is 0 Å². The van der Waals surface area contributed by atoms with Gasteiger partial charge in [-0.25, -0.2) is 4.85 Å². The fourth-order valence-corrected chi connectivity index (χ4v) is 15.7. The van der Waals surface area contributed by atoms with Crippen LogP contribution in [-0.4, -0.2) is 24.4 Å². The maximum absolute atomic E-state index is 8.82. The molecule has 7 heteroatoms. The highest BCUT2D eigenvalue weighted by Gasteiger charge is 2.52. The third-order valence-corrected chi connectivity index (χ3v) is 19.0. The molecule has 0 saturated carbocycles. The summed E-state index contributed by atoms with van der Waals surface area (Å²) >= 11 is 0. The van der Waals surface area contributed by atoms with Gasteiger partial charge in [0.15, 0.2) is 5.69 Å². The van der Waals surface area contributed by atoms with Crippen LogP contribution in [0.1, 0.15) is 17.0 Å². The van der Waals surface area contributed by atoms with E-state index in [9.17, 15) is 0 Å². The van der Waals surface area contributed by atoms with Gasteiger partial charge in [0, 0.05) is 65.7 Å². The van der Waals surface area contributed by atoms with Crippen LogP contribution in [0.2, 0.25) is 0 Å². The average molecular weight is 1120 g/mol. The lowest BCUT2D eigenvalue weighted by Crippen LogP contribution is -2.41. The van der Waals surface area contributed by atoms with Gasteiger partial charge in [-0.2, -0.15) is 0 Å². The van der Waals surface area contributed by atoms with Crippen molar-refractivity contribution in [2.45, 2.75) is 12.1 Å². The Morgan fingerprint density at radius 3 is 0.966 bits per heavy atom. The number of nitrogens with zero attached hydrogens (tertiary/aromatic N) is 7. The third-order valence-electron chi connectivity index (χ3n) is 19.0. The monoisotopic (exact) mass is 1120 g/mol. The predicted molar refractivity (Wildman–Crippen MR) is 365 cm³/mol. The van der Waals surface area contributed by atoms with Crippen molar-refractivity contribution in [3.8, 4) is 33.9 Å². The van der Waals surface area contributed by atoms with Crippen molar-refractivity contribution in [2.24, 2.45) is 0 Å². The molecule has 2 aliphatic rings. The van der Waals surface area contributed by atoms with Crippen LogP contribution in [0, 0.1) is 6.57 Å². The fraction of sp³-hybridized carbons (Fsp3) is 0.0247. The van der Waals surface area contributed by atoms with Crippen LogP contribution in [0.15, 0.2) is 297 Å². The second kappa shape index (κ2) is 18.6. The van der Waals surface area contributed by atoms with E-state index in [0.29, 0.717) is 5.69 Å². The van der Waals surface area contributed by atoms with E-state index in [1.807, 2.05) is 6.07 Å². The van der Waals surface area contributed by atoms with Gasteiger partial charge in [-0.15, -0.1) is 0 Å². The van der Waals surface area contributed by atoms with E-state index in [4.69, 9.17) is 6.57 Å². The van der Waals surface area contributed by atoms with E-state index >= 15 is 0 Å². The minimum atomic E-state index is -0.329. The first-order valence-electron chi connectivity index (χ1n) is 30.2. The average Bonchev–Trinajstić information content (AvgIpc) is 1.44. The minimum absolute atomic E-state index is 0.0898. The van der Waals surface area contributed by atoms with Gasteiger partial charge in [-0.1, -0.05) is 218 Å². The van der Waals surface area contributed by atoms with Crippen LogP contribution >= 0.6 is 0 Å². The van der Waals surface area contributed by atoms with Crippen molar-refractivity contribution >= 4 is 116 Å². The van der Waals surface area contributed by atoms with E-state index in [1.54, 1.807) is 0 Å². The highest BCUT2D eigenvalue weighted by atomic mass is 15.4. The fourth-order valence-electron chi connectivity index (χ4n) is 15.7. The minimum Gasteiger partial charge on any atom is -0.319 e. The standard InChI is InChI=1S/C81H51N7/c1-82-52-27-25-26-51(50-52)74-76(84-64-40-15-5-30-54(64)55-31-6-16-41-65(55)84)78(86-68-44-19-9-34-58(68)59-35-10-20-45-69(59)86)80(88-73-49-24-14-39-63(73)75-62-38-13-23-48-72(62)83(81(75)88)53-28-3-2-4-29-53)79(87-70-46-21-11-36-60(70)61-37-12-22-47-71(61)87)77(74)85-66-42-17-7-32-56(66)57-33-8-18-43-67(57)85/h2-50,75,81H. The van der Waals surface area contributed by atoms with E-state index in [0.717, 1.165) is 138 Å². The van der Waals surface area contributed by atoms with Gasteiger partial charge in [0.1, 0.15) is 6.17 Å². The molecule has 2 aliphatic heterocycles. The van der Waals surface area contributed by atoms with Gasteiger partial charge in [0.2, 0.25) is 0 Å². The molecule has 7 nitrogen and oxygen atoms in total. The topological polar surface area (TPSA) is 30.6 Å². The molecule has 0 radical (unpaired) electrons. The molecule has 0 fully saturated rings. The number of fused-ring (bicyclic) bond motifs is 17. The first-order valence-corrected chi connectivity index (χ1v) is 30.2. The predicted octanol–water partition coefficient (Wildman–Crippen LogP) is 21.1. The summed E-state index contributed by atoms with van der Waals surface area (Å²) in [6, 6.07) is 109. The van der Waals surface area contributed by atoms with Crippen molar-refractivity contribution in [2.75, 3.05) is 9.80 Å². The van der Waals surface area contributed by atoms with Gasteiger partial charge < -0.3 is 28.1 Å². The lowest BCUT2D eigenvalue weighted by atomic mass is 9.93. The van der Waals surface area contributed by atoms with Gasteiger partial charge >= 0.3 is 0 Å². The van der Waals surface area contributed by atoms with Crippen molar-refractivity contribution < 1.29 is 0 Å². The largest absolute Gasteiger partial charge is 0.319 e. The summed E-state index contributed by atoms with van der Waals surface area (Å²) in [7, 11) is 0. The molecule has 6 heterocycles. The molecule has 410 valence electrons. The molecule has 0 aliphatic carbocycles. The molecule has 19 rings (SSSR count). The Morgan fingerprint density at radius 1 is 0.273 bits per heavy atom. The molecule has 0 bridgehead atoms. The molecular weight excluding hydrogens is 1070 g/mol. The van der Waals surface area contributed by atoms with Crippen LogP contribution in [0.25, 0.3) is 126 Å². The second-order valence-corrected chi connectivity index (χ2v) is 23.3. The van der Waals surface area contributed by atoms with E-state index in [1.165, 1.54) is 16.8 Å². The summed E-state index contributed by atoms with van der Waals surface area (Å²) in [5.74, 6) is -0.0898. The van der Waals surface area contributed by atoms with Gasteiger partial charge in [0.25, 0.3) is 0 Å². The zero-order valence-corrected chi connectivity index (χ0v) is 47.6. The van der Waals surface area contributed by atoms with Gasteiger partial charge in [0.05, 0.1) is 85.1 Å². The molecule has 2 unspecified atom stereocenters. The Kier molecular flexibility index (Phi) is 10.2. The molecule has 0 N–H and O–H groups in total. The summed E-state index contributed by atoms with van der Waals surface area (Å²) < 4.78 is 10.4. The number of hydrogen-bond acceptors (Lipinski definition) is 2. The number of hydrogen-bond donors (Lipinski definition) is 0. The summed E-state index contributed by atoms with van der Waals surface area (Å²) in [5.41, 5.74) is 21.9. The van der Waals surface area contributed by atoms with E-state index < -0.39 is 0 Å². The molecule has 0 amide bonds. The lowest BCUT2D eigenvalue weighted by Gasteiger charge is -2.40. The maximum atomic E-state index is 8.82. The van der Waals surface area contributed by atoms with Crippen molar-refractivity contribution in [1.82, 2.24) is 18.3 Å². The quantitative estimate of drug-likeness (QED) is 0.149. The van der Waals surface area contributed by atoms with E-state index in [-0.39, 0.29) is 12.1 Å². The Hall–Kier alpha value is -11.9. The number of aromatic nitrogens is 4. The molecule has 13 aromatic carbocycles. The zero-order chi connectivity index (χ0) is 57.7. The van der Waals surface area contributed by atoms with Crippen LogP contribution in [-0.2, 0) is 0 Å². The van der Waals surface area contributed by atoms with Gasteiger partial charge in [-0.05, 0) is 95.6 Å². The SMILES string of the molecule is [C-]#[N+]c1cccc(-c2c(-n3c4ccccc4c4ccccc43)c(-n3c4ccccc4c4ccccc43)c(N3c4ccccc4C4c5ccccc5N(c5ccccc5)C43)c(-n3c4ccccc4c4ccccc43)c2-n2c3ccccc3c3ccccc32)c1. The Bertz CT molecular complexity index is 5350. The Morgan fingerprint density at radius 2 is 0.591 bits per heavy atom. The molecule has 0 spiro atoms. The normalized spacial score (nSPS) is 14.5. The Balaban J connectivity index is 1.18. The maximum Gasteiger partial charge on any atom is 0.187 e. The molecule has 17 aromatic rings. The Labute approximate surface area is 506 Å². The molecule has 0 saturated heterocycles.